The molecule has 0 aromatic heterocycles. The maximum Gasteiger partial charge on any atom is 0.258 e. The summed E-state index contributed by atoms with van der Waals surface area (Å²) < 4.78 is 41.5. The highest BCUT2D eigenvalue weighted by atomic mass is 32.2. The number of hydrogen-bond acceptors (Lipinski definition) is 3. The molecule has 0 aliphatic carbocycles. The van der Waals surface area contributed by atoms with Gasteiger partial charge >= 0.3 is 0 Å². The molecule has 5 nitrogen and oxygen atoms in total. The Morgan fingerprint density at radius 1 is 1.11 bits per heavy atom. The Hall–Kier alpha value is -2.25. The number of benzene rings is 2. The average Bonchev–Trinajstić information content (AvgIpc) is 2.65. The van der Waals surface area contributed by atoms with E-state index in [9.17, 15) is 17.6 Å². The van der Waals surface area contributed by atoms with Crippen molar-refractivity contribution in [3.63, 3.8) is 0 Å². The van der Waals surface area contributed by atoms with Gasteiger partial charge in [-0.25, -0.2) is 12.8 Å². The van der Waals surface area contributed by atoms with Gasteiger partial charge in [0.15, 0.2) is 0 Å². The second-order valence-electron chi connectivity index (χ2n) is 7.50. The lowest BCUT2D eigenvalue weighted by Gasteiger charge is -2.29. The van der Waals surface area contributed by atoms with Crippen LogP contribution < -0.4 is 5.32 Å². The van der Waals surface area contributed by atoms with Crippen LogP contribution in [-0.4, -0.2) is 31.7 Å². The lowest BCUT2D eigenvalue weighted by atomic mass is 10.0. The highest BCUT2D eigenvalue weighted by Gasteiger charge is 2.29. The third kappa shape index (κ3) is 4.25. The molecular formula is C21H25FN2O3S. The van der Waals surface area contributed by atoms with Gasteiger partial charge in [0.1, 0.15) is 5.82 Å². The number of carbonyl (C=O) groups is 1. The fourth-order valence-electron chi connectivity index (χ4n) is 3.27. The minimum Gasteiger partial charge on any atom is -0.322 e. The summed E-state index contributed by atoms with van der Waals surface area (Å²) in [5.41, 5.74) is 2.08. The number of sulfonamides is 1. The molecule has 1 amide bonds. The fraction of sp³-hybridized carbons (Fsp3) is 0.381. The van der Waals surface area contributed by atoms with E-state index in [1.54, 1.807) is 6.07 Å². The number of nitrogens with one attached hydrogen (secondary N) is 1. The number of aryl methyl sites for hydroxylation is 2. The van der Waals surface area contributed by atoms with E-state index in [1.165, 1.54) is 10.4 Å². The van der Waals surface area contributed by atoms with E-state index in [0.29, 0.717) is 24.7 Å². The van der Waals surface area contributed by atoms with Gasteiger partial charge in [-0.15, -0.1) is 0 Å². The van der Waals surface area contributed by atoms with Crippen LogP contribution in [-0.2, 0) is 10.0 Å². The monoisotopic (exact) mass is 404 g/mol. The molecule has 0 saturated carbocycles. The van der Waals surface area contributed by atoms with Crippen LogP contribution in [0, 0.1) is 25.6 Å². The first-order valence-electron chi connectivity index (χ1n) is 9.37. The van der Waals surface area contributed by atoms with Crippen LogP contribution in [0.15, 0.2) is 41.3 Å². The molecule has 1 heterocycles. The van der Waals surface area contributed by atoms with Gasteiger partial charge in [0.2, 0.25) is 10.0 Å². The van der Waals surface area contributed by atoms with E-state index in [2.05, 4.69) is 12.2 Å². The topological polar surface area (TPSA) is 66.5 Å². The predicted molar refractivity (Wildman–Crippen MR) is 107 cm³/mol. The second kappa shape index (κ2) is 8.01. The van der Waals surface area contributed by atoms with Gasteiger partial charge in [0, 0.05) is 18.8 Å². The molecule has 3 rings (SSSR count). The van der Waals surface area contributed by atoms with Crippen molar-refractivity contribution in [1.29, 1.82) is 0 Å². The number of rotatable bonds is 4. The molecule has 1 aliphatic rings. The van der Waals surface area contributed by atoms with E-state index in [4.69, 9.17) is 0 Å². The Labute approximate surface area is 165 Å². The van der Waals surface area contributed by atoms with Crippen LogP contribution in [0.3, 0.4) is 0 Å². The van der Waals surface area contributed by atoms with Crippen LogP contribution in [0.5, 0.6) is 0 Å². The fourth-order valence-corrected chi connectivity index (χ4v) is 4.77. The maximum absolute atomic E-state index is 14.3. The van der Waals surface area contributed by atoms with Crippen molar-refractivity contribution in [2.75, 3.05) is 18.4 Å². The predicted octanol–water partition coefficient (Wildman–Crippen LogP) is 4.12. The first-order chi connectivity index (χ1) is 13.2. The number of nitrogens with zero attached hydrogens (tertiary/aromatic N) is 1. The van der Waals surface area contributed by atoms with E-state index in [0.717, 1.165) is 36.1 Å². The van der Waals surface area contributed by atoms with E-state index >= 15 is 0 Å². The number of halogens is 1. The minimum atomic E-state index is -3.76. The second-order valence-corrected chi connectivity index (χ2v) is 9.44. The van der Waals surface area contributed by atoms with Gasteiger partial charge in [-0.3, -0.25) is 4.79 Å². The third-order valence-electron chi connectivity index (χ3n) is 5.20. The largest absolute Gasteiger partial charge is 0.322 e. The third-order valence-corrected chi connectivity index (χ3v) is 7.10. The van der Waals surface area contributed by atoms with Gasteiger partial charge in [0.05, 0.1) is 10.5 Å². The summed E-state index contributed by atoms with van der Waals surface area (Å²) in [6.07, 6.45) is 1.58. The van der Waals surface area contributed by atoms with Gasteiger partial charge in [0.25, 0.3) is 5.91 Å². The normalized spacial score (nSPS) is 16.1. The number of hydrogen-bond donors (Lipinski definition) is 1. The number of piperidine rings is 1. The molecular weight excluding hydrogens is 379 g/mol. The van der Waals surface area contributed by atoms with Crippen molar-refractivity contribution in [3.05, 3.63) is 58.9 Å². The SMILES string of the molecule is Cc1ccc(C)c(NC(=O)c2cc(S(=O)(=O)N3CCC(C)CC3)ccc2F)c1. The Balaban J connectivity index is 1.89. The molecule has 0 unspecified atom stereocenters. The van der Waals surface area contributed by atoms with Gasteiger partial charge < -0.3 is 5.32 Å². The highest BCUT2D eigenvalue weighted by Crippen LogP contribution is 2.25. The highest BCUT2D eigenvalue weighted by molar-refractivity contribution is 7.89. The molecule has 1 fully saturated rings. The molecule has 1 N–H and O–H groups in total. The molecule has 28 heavy (non-hydrogen) atoms. The van der Waals surface area contributed by atoms with Crippen LogP contribution in [0.4, 0.5) is 10.1 Å². The minimum absolute atomic E-state index is 0.0606. The standard InChI is InChI=1S/C21H25FN2O3S/c1-14-8-10-24(11-9-14)28(26,27)17-6-7-19(22)18(13-17)21(25)23-20-12-15(2)4-5-16(20)3/h4-7,12-14H,8-11H2,1-3H3,(H,23,25). The Bertz CT molecular complexity index is 997. The molecule has 0 bridgehead atoms. The molecule has 1 aliphatic heterocycles. The van der Waals surface area contributed by atoms with E-state index in [-0.39, 0.29) is 10.5 Å². The van der Waals surface area contributed by atoms with Gasteiger partial charge in [-0.1, -0.05) is 19.1 Å². The Morgan fingerprint density at radius 3 is 2.46 bits per heavy atom. The van der Waals surface area contributed by atoms with Gasteiger partial charge in [-0.2, -0.15) is 4.31 Å². The van der Waals surface area contributed by atoms with Crippen LogP contribution >= 0.6 is 0 Å². The molecule has 0 spiro atoms. The first kappa shape index (κ1) is 20.5. The Kier molecular flexibility index (Phi) is 5.86. The summed E-state index contributed by atoms with van der Waals surface area (Å²) in [4.78, 5) is 12.6. The van der Waals surface area contributed by atoms with E-state index in [1.807, 2.05) is 26.0 Å². The van der Waals surface area contributed by atoms with Crippen LogP contribution in [0.25, 0.3) is 0 Å². The number of carbonyl (C=O) groups excluding carboxylic acids is 1. The smallest absolute Gasteiger partial charge is 0.258 e. The van der Waals surface area contributed by atoms with Crippen molar-refractivity contribution in [2.45, 2.75) is 38.5 Å². The zero-order valence-electron chi connectivity index (χ0n) is 16.3. The van der Waals surface area contributed by atoms with Crippen LogP contribution in [0.1, 0.15) is 41.3 Å². The van der Waals surface area contributed by atoms with Gasteiger partial charge in [-0.05, 0) is 68.0 Å². The van der Waals surface area contributed by atoms with Crippen molar-refractivity contribution >= 4 is 21.6 Å². The zero-order valence-corrected chi connectivity index (χ0v) is 17.1. The molecule has 2 aromatic rings. The quantitative estimate of drug-likeness (QED) is 0.834. The van der Waals surface area contributed by atoms with Crippen molar-refractivity contribution in [1.82, 2.24) is 4.31 Å². The molecule has 0 radical (unpaired) electrons. The lowest BCUT2D eigenvalue weighted by molar-refractivity contribution is 0.102. The summed E-state index contributed by atoms with van der Waals surface area (Å²) in [6.45, 7) is 6.69. The first-order valence-corrected chi connectivity index (χ1v) is 10.8. The average molecular weight is 405 g/mol. The van der Waals surface area contributed by atoms with Crippen molar-refractivity contribution in [3.8, 4) is 0 Å². The summed E-state index contributed by atoms with van der Waals surface area (Å²) >= 11 is 0. The summed E-state index contributed by atoms with van der Waals surface area (Å²) in [6, 6.07) is 8.95. The van der Waals surface area contributed by atoms with E-state index < -0.39 is 21.7 Å². The number of amides is 1. The summed E-state index contributed by atoms with van der Waals surface area (Å²) in [7, 11) is -3.76. The number of anilines is 1. The molecule has 0 atom stereocenters. The molecule has 2 aromatic carbocycles. The molecule has 1 saturated heterocycles. The van der Waals surface area contributed by atoms with Crippen LogP contribution in [0.2, 0.25) is 0 Å². The Morgan fingerprint density at radius 2 is 1.79 bits per heavy atom. The lowest BCUT2D eigenvalue weighted by Crippen LogP contribution is -2.38. The zero-order chi connectivity index (χ0) is 20.5. The van der Waals surface area contributed by atoms with Crippen molar-refractivity contribution < 1.29 is 17.6 Å². The van der Waals surface area contributed by atoms with Crippen molar-refractivity contribution in [2.24, 2.45) is 5.92 Å². The maximum atomic E-state index is 14.3. The summed E-state index contributed by atoms with van der Waals surface area (Å²) in [5, 5.41) is 2.68. The molecule has 7 heteroatoms. The summed E-state index contributed by atoms with van der Waals surface area (Å²) in [5.74, 6) is -0.942. The molecule has 150 valence electrons.